The summed E-state index contributed by atoms with van der Waals surface area (Å²) < 4.78 is 10.7. The molecule has 0 radical (unpaired) electrons. The van der Waals surface area contributed by atoms with Crippen LogP contribution in [0.15, 0.2) is 60.8 Å². The Morgan fingerprint density at radius 3 is 0.912 bits per heavy atom. The summed E-state index contributed by atoms with van der Waals surface area (Å²) in [5, 5.41) is 9.65. The lowest BCUT2D eigenvalue weighted by molar-refractivity contribution is -0.161. The van der Waals surface area contributed by atoms with Crippen LogP contribution in [0.5, 0.6) is 0 Å². The molecule has 1 atom stereocenters. The first kappa shape index (κ1) is 65.6. The highest BCUT2D eigenvalue weighted by molar-refractivity contribution is 5.70. The monoisotopic (exact) mass is 951 g/mol. The summed E-state index contributed by atoms with van der Waals surface area (Å²) >= 11 is 0. The normalized spacial score (nSPS) is 12.6. The van der Waals surface area contributed by atoms with E-state index in [1.807, 2.05) is 0 Å². The molecule has 1 N–H and O–H groups in total. The summed E-state index contributed by atoms with van der Waals surface area (Å²) in [6, 6.07) is 0. The Balaban J connectivity index is 3.43. The van der Waals surface area contributed by atoms with E-state index < -0.39 is 6.10 Å². The Labute approximate surface area is 423 Å². The van der Waals surface area contributed by atoms with Gasteiger partial charge < -0.3 is 14.6 Å². The van der Waals surface area contributed by atoms with Crippen molar-refractivity contribution in [2.24, 2.45) is 0 Å². The number of hydrogen-bond donors (Lipinski definition) is 1. The van der Waals surface area contributed by atoms with Gasteiger partial charge >= 0.3 is 11.9 Å². The molecular weight excluding hydrogens is 837 g/mol. The lowest BCUT2D eigenvalue weighted by Crippen LogP contribution is -2.28. The average Bonchev–Trinajstić information content (AvgIpc) is 3.34. The Hall–Kier alpha value is -2.40. The fourth-order valence-corrected chi connectivity index (χ4v) is 8.77. The zero-order valence-corrected chi connectivity index (χ0v) is 45.4. The second-order valence-electron chi connectivity index (χ2n) is 20.1. The molecule has 0 spiro atoms. The predicted octanol–water partition coefficient (Wildman–Crippen LogP) is 20.2. The molecule has 0 bridgehead atoms. The van der Waals surface area contributed by atoms with Crippen LogP contribution in [0.2, 0.25) is 0 Å². The fraction of sp³-hybridized carbons (Fsp3) is 0.810. The highest BCUT2D eigenvalue weighted by atomic mass is 16.6. The molecule has 0 aliphatic rings. The van der Waals surface area contributed by atoms with Gasteiger partial charge in [0.05, 0.1) is 6.61 Å². The van der Waals surface area contributed by atoms with Gasteiger partial charge in [0.1, 0.15) is 6.61 Å². The summed E-state index contributed by atoms with van der Waals surface area (Å²) in [5.41, 5.74) is 0. The van der Waals surface area contributed by atoms with Crippen LogP contribution in [0, 0.1) is 0 Å². The molecule has 1 unspecified atom stereocenters. The van der Waals surface area contributed by atoms with Gasteiger partial charge in [-0.2, -0.15) is 0 Å². The second kappa shape index (κ2) is 58.9. The van der Waals surface area contributed by atoms with E-state index >= 15 is 0 Å². The van der Waals surface area contributed by atoms with Crippen molar-refractivity contribution in [1.29, 1.82) is 0 Å². The number of unbranched alkanes of at least 4 members (excludes halogenated alkanes) is 37. The maximum absolute atomic E-state index is 12.3. The molecule has 0 aliphatic carbocycles. The van der Waals surface area contributed by atoms with E-state index in [0.29, 0.717) is 12.8 Å². The van der Waals surface area contributed by atoms with Crippen LogP contribution in [0.25, 0.3) is 0 Å². The van der Waals surface area contributed by atoms with Crippen LogP contribution in [0.4, 0.5) is 0 Å². The summed E-state index contributed by atoms with van der Waals surface area (Å²) in [6.07, 6.45) is 79.3. The molecule has 396 valence electrons. The molecule has 0 aromatic heterocycles. The number of allylic oxidation sites excluding steroid dienone is 10. The SMILES string of the molecule is CCCCC/C=C\C/C=C\C/C=C\CCCCCCCCC(=O)OC(CO)COC(=O)CCCCCCCCCCCCCCCCCCCCCCCCC/C=C\C/C=C\CCCCCCC. The lowest BCUT2D eigenvalue weighted by atomic mass is 10.0. The van der Waals surface area contributed by atoms with Crippen LogP contribution < -0.4 is 0 Å². The van der Waals surface area contributed by atoms with Crippen LogP contribution in [0.3, 0.4) is 0 Å². The third kappa shape index (κ3) is 56.2. The molecule has 0 saturated heterocycles. The maximum Gasteiger partial charge on any atom is 0.306 e. The smallest absolute Gasteiger partial charge is 0.306 e. The first-order valence-electron chi connectivity index (χ1n) is 29.8. The Bertz CT molecular complexity index is 1170. The zero-order chi connectivity index (χ0) is 49.2. The van der Waals surface area contributed by atoms with Crippen molar-refractivity contribution in [3.8, 4) is 0 Å². The van der Waals surface area contributed by atoms with Crippen molar-refractivity contribution < 1.29 is 24.2 Å². The van der Waals surface area contributed by atoms with Gasteiger partial charge in [0.25, 0.3) is 0 Å². The number of aliphatic hydroxyl groups excluding tert-OH is 1. The minimum atomic E-state index is -0.780. The minimum Gasteiger partial charge on any atom is -0.462 e. The number of carbonyl (C=O) groups is 2. The quantitative estimate of drug-likeness (QED) is 0.0374. The van der Waals surface area contributed by atoms with E-state index in [2.05, 4.69) is 74.6 Å². The molecule has 0 aromatic carbocycles. The molecule has 0 heterocycles. The third-order valence-electron chi connectivity index (χ3n) is 13.3. The summed E-state index contributed by atoms with van der Waals surface area (Å²) in [7, 11) is 0. The molecule has 0 aliphatic heterocycles. The summed E-state index contributed by atoms with van der Waals surface area (Å²) in [6.45, 7) is 4.12. The standard InChI is InChI=1S/C63H114O5/c1-3-5-7-9-11-13-15-17-19-21-23-24-25-26-27-28-29-30-31-32-33-34-35-36-37-38-40-41-43-45-47-49-51-53-55-57-62(65)67-60-61(59-64)68-63(66)58-56-54-52-50-48-46-44-42-39-22-20-18-16-14-12-10-8-6-4-2/h12,14-15,17-18,20-21,23,39,42,61,64H,3-11,13,16,19,22,24-38,40-41,43-60H2,1-2H3/b14-12-,17-15-,20-18-,23-21-,42-39-. The number of ether oxygens (including phenoxy) is 2. The number of carbonyl (C=O) groups excluding carboxylic acids is 2. The van der Waals surface area contributed by atoms with Gasteiger partial charge in [-0.3, -0.25) is 9.59 Å². The first-order valence-corrected chi connectivity index (χ1v) is 29.8. The number of aliphatic hydroxyl groups is 1. The number of rotatable bonds is 55. The Kier molecular flexibility index (Phi) is 56.8. The molecule has 0 saturated carbocycles. The number of hydrogen-bond acceptors (Lipinski definition) is 5. The zero-order valence-electron chi connectivity index (χ0n) is 45.4. The van der Waals surface area contributed by atoms with Crippen LogP contribution in [-0.4, -0.2) is 36.4 Å². The lowest BCUT2D eigenvalue weighted by Gasteiger charge is -2.15. The van der Waals surface area contributed by atoms with Crippen LogP contribution in [-0.2, 0) is 19.1 Å². The summed E-state index contributed by atoms with van der Waals surface area (Å²) in [4.78, 5) is 24.5. The highest BCUT2D eigenvalue weighted by Crippen LogP contribution is 2.17. The van der Waals surface area contributed by atoms with Crippen molar-refractivity contribution in [3.63, 3.8) is 0 Å². The minimum absolute atomic E-state index is 0.0695. The van der Waals surface area contributed by atoms with Crippen LogP contribution >= 0.6 is 0 Å². The van der Waals surface area contributed by atoms with Crippen molar-refractivity contribution in [2.45, 2.75) is 315 Å². The van der Waals surface area contributed by atoms with Gasteiger partial charge in [-0.15, -0.1) is 0 Å². The largest absolute Gasteiger partial charge is 0.462 e. The van der Waals surface area contributed by atoms with Crippen molar-refractivity contribution >= 4 is 11.9 Å². The van der Waals surface area contributed by atoms with E-state index in [1.54, 1.807) is 0 Å². The maximum atomic E-state index is 12.3. The van der Waals surface area contributed by atoms with Gasteiger partial charge in [0, 0.05) is 12.8 Å². The average molecular weight is 952 g/mol. The molecule has 68 heavy (non-hydrogen) atoms. The fourth-order valence-electron chi connectivity index (χ4n) is 8.77. The van der Waals surface area contributed by atoms with E-state index in [1.165, 1.54) is 218 Å². The third-order valence-corrected chi connectivity index (χ3v) is 13.3. The van der Waals surface area contributed by atoms with Crippen LogP contribution in [0.1, 0.15) is 309 Å². The second-order valence-corrected chi connectivity index (χ2v) is 20.1. The molecular formula is C63H114O5. The van der Waals surface area contributed by atoms with Crippen molar-refractivity contribution in [3.05, 3.63) is 60.8 Å². The number of esters is 2. The molecule has 0 aromatic rings. The molecule has 5 heteroatoms. The highest BCUT2D eigenvalue weighted by Gasteiger charge is 2.16. The molecule has 0 amide bonds. The van der Waals surface area contributed by atoms with Gasteiger partial charge in [0.2, 0.25) is 0 Å². The van der Waals surface area contributed by atoms with Crippen molar-refractivity contribution in [2.75, 3.05) is 13.2 Å². The van der Waals surface area contributed by atoms with Gasteiger partial charge in [0.15, 0.2) is 6.10 Å². The first-order chi connectivity index (χ1) is 33.6. The molecule has 0 fully saturated rings. The topological polar surface area (TPSA) is 72.8 Å². The predicted molar refractivity (Wildman–Crippen MR) is 297 cm³/mol. The van der Waals surface area contributed by atoms with Gasteiger partial charge in [-0.25, -0.2) is 0 Å². The Morgan fingerprint density at radius 2 is 0.588 bits per heavy atom. The summed E-state index contributed by atoms with van der Waals surface area (Å²) in [5.74, 6) is -0.594. The van der Waals surface area contributed by atoms with Gasteiger partial charge in [-0.1, -0.05) is 274 Å². The van der Waals surface area contributed by atoms with Crippen molar-refractivity contribution in [1.82, 2.24) is 0 Å². The van der Waals surface area contributed by atoms with E-state index in [0.717, 1.165) is 64.2 Å². The van der Waals surface area contributed by atoms with Gasteiger partial charge in [-0.05, 0) is 83.5 Å². The van der Waals surface area contributed by atoms with E-state index in [9.17, 15) is 14.7 Å². The van der Waals surface area contributed by atoms with E-state index in [-0.39, 0.29) is 25.2 Å². The molecule has 5 nitrogen and oxygen atoms in total. The molecule has 0 rings (SSSR count). The Morgan fingerprint density at radius 1 is 0.338 bits per heavy atom. The van der Waals surface area contributed by atoms with E-state index in [4.69, 9.17) is 9.47 Å².